The van der Waals surface area contributed by atoms with Gasteiger partial charge in [-0.15, -0.1) is 0 Å². The molecule has 148 valence electrons. The van der Waals surface area contributed by atoms with Crippen LogP contribution in [0.3, 0.4) is 0 Å². The molecule has 0 bridgehead atoms. The fourth-order valence-electron chi connectivity index (χ4n) is 3.08. The molecule has 0 aromatic heterocycles. The smallest absolute Gasteiger partial charge is 0.325 e. The van der Waals surface area contributed by atoms with Gasteiger partial charge in [-0.25, -0.2) is 9.18 Å². The fraction of sp³-hybridized carbons (Fsp3) is 0.263. The number of amides is 3. The molecule has 5 nitrogen and oxygen atoms in total. The van der Waals surface area contributed by atoms with Crippen LogP contribution in [-0.4, -0.2) is 29.7 Å². The molecule has 2 aromatic rings. The van der Waals surface area contributed by atoms with Crippen LogP contribution in [0.4, 0.5) is 18.0 Å². The summed E-state index contributed by atoms with van der Waals surface area (Å²) in [6.45, 7) is 1.33. The number of hydrogen-bond acceptors (Lipinski definition) is 4. The fourth-order valence-corrected chi connectivity index (χ4v) is 3.67. The van der Waals surface area contributed by atoms with Crippen LogP contribution in [-0.2, 0) is 16.9 Å². The van der Waals surface area contributed by atoms with Crippen LogP contribution < -0.4 is 10.1 Å². The van der Waals surface area contributed by atoms with Crippen LogP contribution in [0.15, 0.2) is 47.4 Å². The number of methoxy groups -OCH3 is 1. The van der Waals surface area contributed by atoms with E-state index in [0.29, 0.717) is 17.3 Å². The van der Waals surface area contributed by atoms with Crippen molar-refractivity contribution in [3.05, 3.63) is 59.4 Å². The number of nitrogens with one attached hydrogen (secondary N) is 1. The van der Waals surface area contributed by atoms with Gasteiger partial charge in [0.05, 0.1) is 18.6 Å². The summed E-state index contributed by atoms with van der Waals surface area (Å²) in [5.41, 5.74) is -0.952. The van der Waals surface area contributed by atoms with Gasteiger partial charge >= 0.3 is 6.03 Å². The maximum absolute atomic E-state index is 14.2. The maximum Gasteiger partial charge on any atom is 0.325 e. The monoisotopic (exact) mass is 410 g/mol. The average molecular weight is 410 g/mol. The third-order valence-electron chi connectivity index (χ3n) is 4.47. The molecule has 9 heteroatoms. The van der Waals surface area contributed by atoms with Crippen molar-refractivity contribution in [3.8, 4) is 5.75 Å². The normalized spacial score (nSPS) is 19.3. The Balaban J connectivity index is 1.86. The first-order valence-corrected chi connectivity index (χ1v) is 9.15. The first-order valence-electron chi connectivity index (χ1n) is 8.27. The summed E-state index contributed by atoms with van der Waals surface area (Å²) in [5, 5.41) is 2.54. The molecule has 0 spiro atoms. The Morgan fingerprint density at radius 1 is 1.21 bits per heavy atom. The number of rotatable bonds is 6. The van der Waals surface area contributed by atoms with Crippen molar-refractivity contribution >= 4 is 23.7 Å². The average Bonchev–Trinajstić information content (AvgIpc) is 2.86. The molecule has 1 fully saturated rings. The summed E-state index contributed by atoms with van der Waals surface area (Å²) in [5.74, 6) is -3.60. The van der Waals surface area contributed by atoms with Gasteiger partial charge in [0, 0.05) is 5.56 Å². The first-order chi connectivity index (χ1) is 13.3. The highest BCUT2D eigenvalue weighted by Gasteiger charge is 2.50. The van der Waals surface area contributed by atoms with Gasteiger partial charge in [0.2, 0.25) is 0 Å². The molecule has 1 N–H and O–H groups in total. The number of urea groups is 1. The topological polar surface area (TPSA) is 58.6 Å². The summed E-state index contributed by atoms with van der Waals surface area (Å²) in [6.07, 6.45) is 0. The second kappa shape index (κ2) is 7.75. The quantitative estimate of drug-likeness (QED) is 0.575. The number of halogens is 3. The van der Waals surface area contributed by atoms with E-state index >= 15 is 0 Å². The SMILES string of the molecule is COc1cc(CN2C(=O)NC(C)(c3ccccc3F)C2=O)ccc1SC(F)F. The Labute approximate surface area is 163 Å². The third-order valence-corrected chi connectivity index (χ3v) is 5.24. The molecule has 2 aromatic carbocycles. The summed E-state index contributed by atoms with van der Waals surface area (Å²) in [6, 6.07) is 9.53. The van der Waals surface area contributed by atoms with Gasteiger partial charge in [-0.3, -0.25) is 9.69 Å². The van der Waals surface area contributed by atoms with Crippen LogP contribution >= 0.6 is 11.8 Å². The number of thioether (sulfide) groups is 1. The number of hydrogen-bond donors (Lipinski definition) is 1. The van der Waals surface area contributed by atoms with Crippen LogP contribution in [0, 0.1) is 5.82 Å². The Kier molecular flexibility index (Phi) is 5.55. The first kappa shape index (κ1) is 20.1. The van der Waals surface area contributed by atoms with Gasteiger partial charge in [-0.05, 0) is 30.7 Å². The van der Waals surface area contributed by atoms with Crippen LogP contribution in [0.5, 0.6) is 5.75 Å². The van der Waals surface area contributed by atoms with E-state index < -0.39 is 29.1 Å². The summed E-state index contributed by atoms with van der Waals surface area (Å²) < 4.78 is 44.5. The van der Waals surface area contributed by atoms with Gasteiger partial charge in [-0.1, -0.05) is 36.0 Å². The zero-order chi connectivity index (χ0) is 20.5. The highest BCUT2D eigenvalue weighted by Crippen LogP contribution is 2.35. The van der Waals surface area contributed by atoms with Crippen molar-refractivity contribution in [2.75, 3.05) is 7.11 Å². The Bertz CT molecular complexity index is 925. The molecule has 1 heterocycles. The van der Waals surface area contributed by atoms with Crippen molar-refractivity contribution in [3.63, 3.8) is 0 Å². The lowest BCUT2D eigenvalue weighted by atomic mass is 9.91. The molecule has 28 heavy (non-hydrogen) atoms. The van der Waals surface area contributed by atoms with E-state index in [2.05, 4.69) is 5.32 Å². The molecule has 1 unspecified atom stereocenters. The van der Waals surface area contributed by atoms with Crippen molar-refractivity contribution in [2.45, 2.75) is 29.7 Å². The number of alkyl halides is 2. The standard InChI is InChI=1S/C19H17F3N2O3S/c1-19(12-5-3-4-6-13(12)20)16(25)24(18(26)23-19)10-11-7-8-15(28-17(21)22)14(9-11)27-2/h3-9,17H,10H2,1-2H3,(H,23,26). The van der Waals surface area contributed by atoms with Gasteiger partial charge in [-0.2, -0.15) is 8.78 Å². The lowest BCUT2D eigenvalue weighted by Gasteiger charge is -2.22. The van der Waals surface area contributed by atoms with Crippen LogP contribution in [0.25, 0.3) is 0 Å². The number of imide groups is 1. The molecule has 0 radical (unpaired) electrons. The minimum Gasteiger partial charge on any atom is -0.496 e. The molecule has 3 rings (SSSR count). The van der Waals surface area contributed by atoms with Crippen molar-refractivity contribution in [1.29, 1.82) is 0 Å². The molecular formula is C19H17F3N2O3S. The minimum atomic E-state index is -2.60. The Morgan fingerprint density at radius 2 is 1.93 bits per heavy atom. The van der Waals surface area contributed by atoms with E-state index in [9.17, 15) is 22.8 Å². The molecule has 1 aliphatic heterocycles. The molecule has 0 saturated carbocycles. The number of benzene rings is 2. The van der Waals surface area contributed by atoms with Crippen molar-refractivity contribution in [2.24, 2.45) is 0 Å². The van der Waals surface area contributed by atoms with Gasteiger partial charge in [0.25, 0.3) is 11.7 Å². The van der Waals surface area contributed by atoms with Gasteiger partial charge in [0.1, 0.15) is 17.1 Å². The number of carbonyl (C=O) groups is 2. The van der Waals surface area contributed by atoms with E-state index in [4.69, 9.17) is 4.74 Å². The van der Waals surface area contributed by atoms with Gasteiger partial charge < -0.3 is 10.1 Å². The summed E-state index contributed by atoms with van der Waals surface area (Å²) >= 11 is 0.341. The minimum absolute atomic E-state index is 0.0668. The van der Waals surface area contributed by atoms with E-state index in [1.165, 1.54) is 50.4 Å². The third kappa shape index (κ3) is 3.66. The van der Waals surface area contributed by atoms with E-state index in [1.54, 1.807) is 6.07 Å². The maximum atomic E-state index is 14.2. The largest absolute Gasteiger partial charge is 0.496 e. The number of nitrogens with zero attached hydrogens (tertiary/aromatic N) is 1. The Hall–Kier alpha value is -2.68. The molecule has 0 aliphatic carbocycles. The predicted molar refractivity (Wildman–Crippen MR) is 97.7 cm³/mol. The molecule has 3 amide bonds. The van der Waals surface area contributed by atoms with Crippen molar-refractivity contribution < 1.29 is 27.5 Å². The lowest BCUT2D eigenvalue weighted by Crippen LogP contribution is -2.41. The molecule has 1 atom stereocenters. The zero-order valence-electron chi connectivity index (χ0n) is 15.0. The van der Waals surface area contributed by atoms with Gasteiger partial charge in [0.15, 0.2) is 0 Å². The predicted octanol–water partition coefficient (Wildman–Crippen LogP) is 4.12. The summed E-state index contributed by atoms with van der Waals surface area (Å²) in [4.78, 5) is 26.5. The van der Waals surface area contributed by atoms with E-state index in [-0.39, 0.29) is 22.8 Å². The summed E-state index contributed by atoms with van der Waals surface area (Å²) in [7, 11) is 1.34. The van der Waals surface area contributed by atoms with Crippen LogP contribution in [0.2, 0.25) is 0 Å². The zero-order valence-corrected chi connectivity index (χ0v) is 15.9. The molecular weight excluding hydrogens is 393 g/mol. The van der Waals surface area contributed by atoms with Crippen LogP contribution in [0.1, 0.15) is 18.1 Å². The van der Waals surface area contributed by atoms with E-state index in [1.807, 2.05) is 0 Å². The van der Waals surface area contributed by atoms with Crippen molar-refractivity contribution in [1.82, 2.24) is 10.2 Å². The highest BCUT2D eigenvalue weighted by atomic mass is 32.2. The number of ether oxygens (including phenoxy) is 1. The second-order valence-corrected chi connectivity index (χ2v) is 7.32. The number of carbonyl (C=O) groups excluding carboxylic acids is 2. The Morgan fingerprint density at radius 3 is 2.57 bits per heavy atom. The molecule has 1 aliphatic rings. The molecule has 1 saturated heterocycles. The highest BCUT2D eigenvalue weighted by molar-refractivity contribution is 7.99. The second-order valence-electron chi connectivity index (χ2n) is 6.29. The lowest BCUT2D eigenvalue weighted by molar-refractivity contribution is -0.131. The van der Waals surface area contributed by atoms with E-state index in [0.717, 1.165) is 4.90 Å².